The number of benzene rings is 1. The number of pyridine rings is 1. The van der Waals surface area contributed by atoms with E-state index in [1.165, 1.54) is 42.4 Å². The lowest BCUT2D eigenvalue weighted by Crippen LogP contribution is -2.21. The van der Waals surface area contributed by atoms with Gasteiger partial charge in [-0.1, -0.05) is 0 Å². The molecule has 2 aromatic rings. The van der Waals surface area contributed by atoms with Crippen LogP contribution >= 0.6 is 0 Å². The summed E-state index contributed by atoms with van der Waals surface area (Å²) in [5.41, 5.74) is 4.91. The highest BCUT2D eigenvalue weighted by Crippen LogP contribution is 2.43. The molecular formula is C25H33FN2O2. The fourth-order valence-corrected chi connectivity index (χ4v) is 5.67. The van der Waals surface area contributed by atoms with Crippen molar-refractivity contribution in [1.29, 1.82) is 0 Å². The first-order valence-corrected chi connectivity index (χ1v) is 11.8. The monoisotopic (exact) mass is 412 g/mol. The predicted octanol–water partition coefficient (Wildman–Crippen LogP) is 5.20. The van der Waals surface area contributed by atoms with Gasteiger partial charge in [-0.25, -0.2) is 4.39 Å². The molecule has 0 bridgehead atoms. The molecule has 4 nitrogen and oxygen atoms in total. The molecule has 0 spiro atoms. The number of likely N-dealkylation sites (tertiary alicyclic amines) is 1. The third kappa shape index (κ3) is 3.89. The number of aromatic nitrogens is 1. The van der Waals surface area contributed by atoms with Crippen LogP contribution in [0.2, 0.25) is 0 Å². The van der Waals surface area contributed by atoms with Crippen molar-refractivity contribution < 1.29 is 13.9 Å². The molecule has 5 rings (SSSR count). The molecule has 0 radical (unpaired) electrons. The van der Waals surface area contributed by atoms with E-state index in [-0.39, 0.29) is 5.92 Å². The molecule has 0 amide bonds. The minimum atomic E-state index is -0.671. The van der Waals surface area contributed by atoms with Gasteiger partial charge in [-0.3, -0.25) is 4.98 Å². The average Bonchev–Trinajstić information content (AvgIpc) is 3.51. The summed E-state index contributed by atoms with van der Waals surface area (Å²) in [7, 11) is 1.71. The lowest BCUT2D eigenvalue weighted by Gasteiger charge is -2.19. The first kappa shape index (κ1) is 20.0. The quantitative estimate of drug-likeness (QED) is 0.585. The third-order valence-electron chi connectivity index (χ3n) is 7.21. The van der Waals surface area contributed by atoms with E-state index in [0.717, 1.165) is 61.4 Å². The van der Waals surface area contributed by atoms with Crippen LogP contribution in [0.3, 0.4) is 0 Å². The number of aryl methyl sites for hydroxylation is 1. The molecule has 0 N–H and O–H groups in total. The molecule has 1 aromatic heterocycles. The van der Waals surface area contributed by atoms with Crippen LogP contribution in [0.1, 0.15) is 67.7 Å². The van der Waals surface area contributed by atoms with E-state index in [2.05, 4.69) is 11.0 Å². The Morgan fingerprint density at radius 2 is 1.90 bits per heavy atom. The maximum Gasteiger partial charge on any atom is 0.163 e. The zero-order chi connectivity index (χ0) is 20.5. The van der Waals surface area contributed by atoms with Crippen molar-refractivity contribution in [2.75, 3.05) is 33.4 Å². The number of alkyl halides is 1. The van der Waals surface area contributed by atoms with Crippen molar-refractivity contribution in [3.63, 3.8) is 0 Å². The Hall–Kier alpha value is -1.88. The van der Waals surface area contributed by atoms with Gasteiger partial charge in [0.05, 0.1) is 19.2 Å². The lowest BCUT2D eigenvalue weighted by atomic mass is 9.94. The van der Waals surface area contributed by atoms with E-state index in [0.29, 0.717) is 19.4 Å². The second-order valence-electron chi connectivity index (χ2n) is 9.19. The number of ether oxygens (including phenoxy) is 2. The topological polar surface area (TPSA) is 34.6 Å². The Kier molecular flexibility index (Phi) is 5.81. The Bertz CT molecular complexity index is 910. The van der Waals surface area contributed by atoms with E-state index in [1.807, 2.05) is 6.07 Å². The van der Waals surface area contributed by atoms with Crippen LogP contribution in [0.25, 0.3) is 10.9 Å². The first-order valence-electron chi connectivity index (χ1n) is 11.8. The molecule has 3 aliphatic rings. The fourth-order valence-electron chi connectivity index (χ4n) is 5.67. The molecule has 2 fully saturated rings. The van der Waals surface area contributed by atoms with Gasteiger partial charge in [-0.2, -0.15) is 0 Å². The highest BCUT2D eigenvalue weighted by molar-refractivity contribution is 5.87. The number of rotatable bonds is 7. The smallest absolute Gasteiger partial charge is 0.163 e. The van der Waals surface area contributed by atoms with Crippen LogP contribution in [0.15, 0.2) is 12.1 Å². The predicted molar refractivity (Wildman–Crippen MR) is 118 cm³/mol. The SMILES string of the molecule is COc1cc2c3c(c(C4CCC(F)C4)nc2cc1OCCCN1CCCC1)CCC3. The van der Waals surface area contributed by atoms with Crippen molar-refractivity contribution in [2.24, 2.45) is 0 Å². The molecular weight excluding hydrogens is 379 g/mol. The number of hydrogen-bond acceptors (Lipinski definition) is 4. The maximum atomic E-state index is 13.9. The van der Waals surface area contributed by atoms with Gasteiger partial charge >= 0.3 is 0 Å². The van der Waals surface area contributed by atoms with Gasteiger partial charge in [-0.05, 0) is 88.1 Å². The van der Waals surface area contributed by atoms with E-state index in [1.54, 1.807) is 7.11 Å². The average molecular weight is 413 g/mol. The van der Waals surface area contributed by atoms with Crippen molar-refractivity contribution in [2.45, 2.75) is 69.9 Å². The number of methoxy groups -OCH3 is 1. The second kappa shape index (κ2) is 8.70. The molecule has 2 heterocycles. The fraction of sp³-hybridized carbons (Fsp3) is 0.640. The molecule has 2 aliphatic carbocycles. The van der Waals surface area contributed by atoms with Crippen LogP contribution in [0.5, 0.6) is 11.5 Å². The van der Waals surface area contributed by atoms with Gasteiger partial charge < -0.3 is 14.4 Å². The third-order valence-corrected chi connectivity index (χ3v) is 7.21. The van der Waals surface area contributed by atoms with Gasteiger partial charge in [0.2, 0.25) is 0 Å². The van der Waals surface area contributed by atoms with Crippen LogP contribution < -0.4 is 9.47 Å². The summed E-state index contributed by atoms with van der Waals surface area (Å²) in [6, 6.07) is 4.16. The van der Waals surface area contributed by atoms with Crippen LogP contribution in [-0.2, 0) is 12.8 Å². The molecule has 2 atom stereocenters. The van der Waals surface area contributed by atoms with E-state index in [9.17, 15) is 4.39 Å². The van der Waals surface area contributed by atoms with E-state index >= 15 is 0 Å². The number of hydrogen-bond donors (Lipinski definition) is 0. The highest BCUT2D eigenvalue weighted by Gasteiger charge is 2.31. The Balaban J connectivity index is 1.41. The summed E-state index contributed by atoms with van der Waals surface area (Å²) in [6.07, 6.45) is 8.51. The Morgan fingerprint density at radius 1 is 1.07 bits per heavy atom. The largest absolute Gasteiger partial charge is 0.493 e. The van der Waals surface area contributed by atoms with Gasteiger partial charge in [0.1, 0.15) is 6.17 Å². The van der Waals surface area contributed by atoms with Crippen LogP contribution in [0, 0.1) is 0 Å². The zero-order valence-corrected chi connectivity index (χ0v) is 18.1. The molecule has 2 unspecified atom stereocenters. The van der Waals surface area contributed by atoms with Gasteiger partial charge in [0, 0.05) is 29.6 Å². The van der Waals surface area contributed by atoms with E-state index in [4.69, 9.17) is 14.5 Å². The Labute approximate surface area is 178 Å². The van der Waals surface area contributed by atoms with Crippen molar-refractivity contribution >= 4 is 10.9 Å². The molecule has 1 aromatic carbocycles. The lowest BCUT2D eigenvalue weighted by molar-refractivity contribution is 0.254. The summed E-state index contributed by atoms with van der Waals surface area (Å²) in [6.45, 7) is 4.22. The van der Waals surface area contributed by atoms with Crippen LogP contribution in [-0.4, -0.2) is 49.4 Å². The molecule has 1 saturated carbocycles. The van der Waals surface area contributed by atoms with Gasteiger partial charge in [0.25, 0.3) is 0 Å². The molecule has 162 valence electrons. The number of halogens is 1. The van der Waals surface area contributed by atoms with Crippen LogP contribution in [0.4, 0.5) is 4.39 Å². The second-order valence-corrected chi connectivity index (χ2v) is 9.19. The van der Waals surface area contributed by atoms with Crippen molar-refractivity contribution in [1.82, 2.24) is 9.88 Å². The first-order chi connectivity index (χ1) is 14.7. The van der Waals surface area contributed by atoms with Crippen molar-refractivity contribution in [3.05, 3.63) is 29.0 Å². The van der Waals surface area contributed by atoms with Gasteiger partial charge in [0.15, 0.2) is 11.5 Å². The Morgan fingerprint density at radius 3 is 2.67 bits per heavy atom. The summed E-state index contributed by atoms with van der Waals surface area (Å²) >= 11 is 0. The van der Waals surface area contributed by atoms with E-state index < -0.39 is 6.17 Å². The summed E-state index contributed by atoms with van der Waals surface area (Å²) in [4.78, 5) is 7.59. The zero-order valence-electron chi connectivity index (χ0n) is 18.1. The summed E-state index contributed by atoms with van der Waals surface area (Å²) in [5, 5.41) is 1.18. The number of fused-ring (bicyclic) bond motifs is 3. The maximum absolute atomic E-state index is 13.9. The number of nitrogens with zero attached hydrogens (tertiary/aromatic N) is 2. The standard InChI is InChI=1S/C25H33FN2O2/c1-29-23-15-21-19-6-4-7-20(19)25(17-8-9-18(26)14-17)27-22(21)16-24(23)30-13-5-12-28-10-2-3-11-28/h15-18H,2-14H2,1H3. The minimum Gasteiger partial charge on any atom is -0.493 e. The van der Waals surface area contributed by atoms with Crippen molar-refractivity contribution in [3.8, 4) is 11.5 Å². The molecule has 1 aliphatic heterocycles. The minimum absolute atomic E-state index is 0.267. The highest BCUT2D eigenvalue weighted by atomic mass is 19.1. The summed E-state index contributed by atoms with van der Waals surface area (Å²) < 4.78 is 25.7. The summed E-state index contributed by atoms with van der Waals surface area (Å²) in [5.74, 6) is 1.83. The molecule has 5 heteroatoms. The molecule has 30 heavy (non-hydrogen) atoms. The van der Waals surface area contributed by atoms with Gasteiger partial charge in [-0.15, -0.1) is 0 Å². The molecule has 1 saturated heterocycles. The normalized spacial score (nSPS) is 23.9.